The van der Waals surface area contributed by atoms with Crippen molar-refractivity contribution in [2.45, 2.75) is 0 Å². The molecule has 1 heterocycles. The van der Waals surface area contributed by atoms with E-state index in [9.17, 15) is 10.1 Å². The van der Waals surface area contributed by atoms with Crippen molar-refractivity contribution in [1.29, 1.82) is 0 Å². The zero-order valence-electron chi connectivity index (χ0n) is 10.8. The molecule has 0 aliphatic carbocycles. The molecule has 0 saturated heterocycles. The lowest BCUT2D eigenvalue weighted by molar-refractivity contribution is -0.384. The van der Waals surface area contributed by atoms with E-state index in [1.54, 1.807) is 24.0 Å². The lowest BCUT2D eigenvalue weighted by Crippen LogP contribution is -2.06. The number of fused-ring (bicyclic) bond motifs is 1. The molecule has 3 aromatic rings. The Hall–Kier alpha value is -2.82. The lowest BCUT2D eigenvalue weighted by Gasteiger charge is -2.08. The largest absolute Gasteiger partial charge is 0.417 e. The molecule has 0 aliphatic heterocycles. The molecule has 0 unspecified atom stereocenters. The Kier molecular flexibility index (Phi) is 2.87. The van der Waals surface area contributed by atoms with Crippen LogP contribution < -0.4 is 4.84 Å². The van der Waals surface area contributed by atoms with E-state index in [1.165, 1.54) is 12.1 Å². The van der Waals surface area contributed by atoms with Gasteiger partial charge in [0.25, 0.3) is 5.69 Å². The molecule has 0 aliphatic rings. The van der Waals surface area contributed by atoms with Crippen molar-refractivity contribution >= 4 is 16.6 Å². The van der Waals surface area contributed by atoms with E-state index in [0.29, 0.717) is 0 Å². The quantitative estimate of drug-likeness (QED) is 0.541. The van der Waals surface area contributed by atoms with Crippen LogP contribution in [0, 0.1) is 10.1 Å². The maximum Gasteiger partial charge on any atom is 0.269 e. The summed E-state index contributed by atoms with van der Waals surface area (Å²) in [6.07, 6.45) is 0. The third-order valence-corrected chi connectivity index (χ3v) is 3.22. The van der Waals surface area contributed by atoms with Gasteiger partial charge in [-0.05, 0) is 24.3 Å². The van der Waals surface area contributed by atoms with Crippen molar-refractivity contribution < 1.29 is 9.76 Å². The second kappa shape index (κ2) is 4.70. The van der Waals surface area contributed by atoms with E-state index in [4.69, 9.17) is 4.84 Å². The molecule has 0 bridgehead atoms. The second-order valence-electron chi connectivity index (χ2n) is 4.37. The molecular formula is C15H12N2O3. The molecule has 0 spiro atoms. The number of non-ortho nitro benzene ring substituents is 1. The number of hydrogen-bond acceptors (Lipinski definition) is 3. The van der Waals surface area contributed by atoms with Gasteiger partial charge in [-0.2, -0.15) is 4.73 Å². The van der Waals surface area contributed by atoms with Crippen LogP contribution in [0.1, 0.15) is 0 Å². The van der Waals surface area contributed by atoms with E-state index in [-0.39, 0.29) is 5.69 Å². The molecule has 0 radical (unpaired) electrons. The Morgan fingerprint density at radius 3 is 2.45 bits per heavy atom. The van der Waals surface area contributed by atoms with Gasteiger partial charge in [0.05, 0.1) is 16.1 Å². The fourth-order valence-electron chi connectivity index (χ4n) is 2.28. The van der Waals surface area contributed by atoms with Crippen LogP contribution in [0.3, 0.4) is 0 Å². The highest BCUT2D eigenvalue weighted by Crippen LogP contribution is 2.28. The summed E-state index contributed by atoms with van der Waals surface area (Å²) in [5, 5.41) is 11.7. The van der Waals surface area contributed by atoms with Gasteiger partial charge in [-0.3, -0.25) is 10.1 Å². The Balaban J connectivity index is 2.16. The normalized spacial score (nSPS) is 10.7. The molecule has 1 aromatic heterocycles. The standard InChI is InChI=1S/C15H12N2O3/c1-20-16-14-5-3-2-4-12(14)10-15(16)11-6-8-13(9-7-11)17(18)19/h2-10H,1H3. The molecule has 5 nitrogen and oxygen atoms in total. The van der Waals surface area contributed by atoms with Crippen molar-refractivity contribution in [2.24, 2.45) is 0 Å². The number of hydrogen-bond donors (Lipinski definition) is 0. The molecule has 20 heavy (non-hydrogen) atoms. The van der Waals surface area contributed by atoms with E-state index >= 15 is 0 Å². The van der Waals surface area contributed by atoms with Crippen LogP contribution in [0.25, 0.3) is 22.2 Å². The number of nitro benzene ring substituents is 1. The highest BCUT2D eigenvalue weighted by Gasteiger charge is 2.12. The molecule has 0 saturated carbocycles. The topological polar surface area (TPSA) is 57.3 Å². The fraction of sp³-hybridized carbons (Fsp3) is 0.0667. The molecule has 2 aromatic carbocycles. The average Bonchev–Trinajstić information content (AvgIpc) is 2.85. The average molecular weight is 268 g/mol. The number of para-hydroxylation sites is 1. The van der Waals surface area contributed by atoms with Gasteiger partial charge in [-0.15, -0.1) is 0 Å². The van der Waals surface area contributed by atoms with E-state index in [2.05, 4.69) is 0 Å². The first kappa shape index (κ1) is 12.2. The van der Waals surface area contributed by atoms with Gasteiger partial charge in [0.2, 0.25) is 0 Å². The summed E-state index contributed by atoms with van der Waals surface area (Å²) in [5.41, 5.74) is 2.77. The summed E-state index contributed by atoms with van der Waals surface area (Å²) in [4.78, 5) is 15.7. The number of benzene rings is 2. The van der Waals surface area contributed by atoms with E-state index in [1.807, 2.05) is 30.3 Å². The van der Waals surface area contributed by atoms with E-state index < -0.39 is 4.92 Å². The van der Waals surface area contributed by atoms with Crippen LogP contribution in [0.2, 0.25) is 0 Å². The minimum Gasteiger partial charge on any atom is -0.417 e. The van der Waals surface area contributed by atoms with Gasteiger partial charge in [0.1, 0.15) is 7.11 Å². The monoisotopic (exact) mass is 268 g/mol. The summed E-state index contributed by atoms with van der Waals surface area (Å²) in [6.45, 7) is 0. The summed E-state index contributed by atoms with van der Waals surface area (Å²) in [7, 11) is 1.60. The third-order valence-electron chi connectivity index (χ3n) is 3.22. The Labute approximate surface area is 115 Å². The minimum absolute atomic E-state index is 0.0776. The van der Waals surface area contributed by atoms with Gasteiger partial charge < -0.3 is 4.84 Å². The molecule has 0 atom stereocenters. The Bertz CT molecular complexity index is 775. The first-order chi connectivity index (χ1) is 9.70. The smallest absolute Gasteiger partial charge is 0.269 e. The molecule has 3 rings (SSSR count). The summed E-state index contributed by atoms with van der Waals surface area (Å²) >= 11 is 0. The van der Waals surface area contributed by atoms with Crippen LogP contribution in [0.4, 0.5) is 5.69 Å². The Morgan fingerprint density at radius 2 is 1.80 bits per heavy atom. The van der Waals surface area contributed by atoms with Crippen molar-refractivity contribution in [2.75, 3.05) is 7.11 Å². The van der Waals surface area contributed by atoms with Crippen molar-refractivity contribution in [3.8, 4) is 11.3 Å². The maximum absolute atomic E-state index is 10.7. The Morgan fingerprint density at radius 1 is 1.10 bits per heavy atom. The van der Waals surface area contributed by atoms with Crippen LogP contribution in [0.5, 0.6) is 0 Å². The summed E-state index contributed by atoms with van der Waals surface area (Å²) in [6, 6.07) is 16.3. The van der Waals surface area contributed by atoms with Gasteiger partial charge in [-0.25, -0.2) is 0 Å². The van der Waals surface area contributed by atoms with E-state index in [0.717, 1.165) is 22.2 Å². The highest BCUT2D eigenvalue weighted by atomic mass is 16.6. The maximum atomic E-state index is 10.7. The van der Waals surface area contributed by atoms with Crippen molar-refractivity contribution in [3.05, 3.63) is 64.7 Å². The first-order valence-electron chi connectivity index (χ1n) is 6.10. The molecule has 0 amide bonds. The number of aromatic nitrogens is 1. The van der Waals surface area contributed by atoms with Gasteiger partial charge in [0, 0.05) is 23.1 Å². The predicted octanol–water partition coefficient (Wildman–Crippen LogP) is 3.27. The van der Waals surface area contributed by atoms with Crippen molar-refractivity contribution in [1.82, 2.24) is 4.73 Å². The fourth-order valence-corrected chi connectivity index (χ4v) is 2.28. The highest BCUT2D eigenvalue weighted by molar-refractivity contribution is 5.86. The molecule has 0 fully saturated rings. The van der Waals surface area contributed by atoms with Gasteiger partial charge in [0.15, 0.2) is 0 Å². The first-order valence-corrected chi connectivity index (χ1v) is 6.10. The number of nitrogens with zero attached hydrogens (tertiary/aromatic N) is 2. The minimum atomic E-state index is -0.407. The van der Waals surface area contributed by atoms with Crippen molar-refractivity contribution in [3.63, 3.8) is 0 Å². The zero-order chi connectivity index (χ0) is 14.1. The summed E-state index contributed by atoms with van der Waals surface area (Å²) < 4.78 is 1.72. The number of nitro groups is 1. The van der Waals surface area contributed by atoms with Gasteiger partial charge >= 0.3 is 0 Å². The SMILES string of the molecule is COn1c(-c2ccc([N+](=O)[O-])cc2)cc2ccccc21. The van der Waals surface area contributed by atoms with Crippen LogP contribution in [-0.4, -0.2) is 16.8 Å². The van der Waals surface area contributed by atoms with Crippen LogP contribution in [-0.2, 0) is 0 Å². The zero-order valence-corrected chi connectivity index (χ0v) is 10.8. The second-order valence-corrected chi connectivity index (χ2v) is 4.37. The van der Waals surface area contributed by atoms with Crippen LogP contribution >= 0.6 is 0 Å². The molecule has 0 N–H and O–H groups in total. The summed E-state index contributed by atoms with van der Waals surface area (Å²) in [5.74, 6) is 0. The molecule has 5 heteroatoms. The van der Waals surface area contributed by atoms with Gasteiger partial charge in [-0.1, -0.05) is 18.2 Å². The molecular weight excluding hydrogens is 256 g/mol. The lowest BCUT2D eigenvalue weighted by atomic mass is 10.1. The third kappa shape index (κ3) is 1.89. The predicted molar refractivity (Wildman–Crippen MR) is 76.5 cm³/mol. The number of rotatable bonds is 3. The molecule has 100 valence electrons. The van der Waals surface area contributed by atoms with Crippen LogP contribution in [0.15, 0.2) is 54.6 Å².